The van der Waals surface area contributed by atoms with Crippen LogP contribution < -0.4 is 5.32 Å². The molecule has 1 fully saturated rings. The summed E-state index contributed by atoms with van der Waals surface area (Å²) in [5, 5.41) is 18.2. The molecule has 2 rings (SSSR count). The molecule has 1 aromatic rings. The topological polar surface area (TPSA) is 73.0 Å². The zero-order chi connectivity index (χ0) is 11.7. The third kappa shape index (κ3) is 1.92. The zero-order valence-corrected chi connectivity index (χ0v) is 9.56. The monoisotopic (exact) mass is 224 g/mol. The van der Waals surface area contributed by atoms with Gasteiger partial charge in [0.15, 0.2) is 0 Å². The van der Waals surface area contributed by atoms with Gasteiger partial charge in [-0.1, -0.05) is 0 Å². The molecule has 0 radical (unpaired) electrons. The van der Waals surface area contributed by atoms with Gasteiger partial charge in [-0.25, -0.2) is 0 Å². The summed E-state index contributed by atoms with van der Waals surface area (Å²) in [5.74, 6) is 0.697. The van der Waals surface area contributed by atoms with Crippen LogP contribution in [0.2, 0.25) is 0 Å². The number of aromatic nitrogens is 2. The van der Waals surface area contributed by atoms with Gasteiger partial charge >= 0.3 is 5.69 Å². The Balaban J connectivity index is 2.08. The molecule has 16 heavy (non-hydrogen) atoms. The molecule has 0 bridgehead atoms. The Bertz CT molecular complexity index is 409. The Morgan fingerprint density at radius 3 is 2.69 bits per heavy atom. The molecule has 88 valence electrons. The van der Waals surface area contributed by atoms with E-state index in [2.05, 4.69) is 10.4 Å². The second-order valence-corrected chi connectivity index (χ2v) is 4.31. The van der Waals surface area contributed by atoms with Crippen LogP contribution in [0.1, 0.15) is 17.8 Å². The van der Waals surface area contributed by atoms with Crippen LogP contribution in [0.5, 0.6) is 0 Å². The van der Waals surface area contributed by atoms with Crippen LogP contribution in [0, 0.1) is 29.9 Å². The van der Waals surface area contributed by atoms with Gasteiger partial charge in [0, 0.05) is 6.54 Å². The maximum absolute atomic E-state index is 10.8. The first-order valence-electron chi connectivity index (χ1n) is 5.48. The van der Waals surface area contributed by atoms with Crippen LogP contribution in [0.15, 0.2) is 0 Å². The van der Waals surface area contributed by atoms with Gasteiger partial charge in [0.05, 0.1) is 4.92 Å². The van der Waals surface area contributed by atoms with Crippen molar-refractivity contribution in [2.24, 2.45) is 5.92 Å². The van der Waals surface area contributed by atoms with Crippen molar-refractivity contribution in [1.82, 2.24) is 15.1 Å². The van der Waals surface area contributed by atoms with E-state index in [0.29, 0.717) is 17.3 Å². The number of nitro groups is 1. The minimum atomic E-state index is -0.348. The predicted octanol–water partition coefficient (Wildman–Crippen LogP) is 1.02. The van der Waals surface area contributed by atoms with E-state index >= 15 is 0 Å². The largest absolute Gasteiger partial charge is 0.316 e. The molecule has 0 spiro atoms. The Morgan fingerprint density at radius 1 is 1.56 bits per heavy atom. The fourth-order valence-electron chi connectivity index (χ4n) is 2.03. The van der Waals surface area contributed by atoms with E-state index in [4.69, 9.17) is 0 Å². The Morgan fingerprint density at radius 2 is 2.25 bits per heavy atom. The SMILES string of the molecule is Cc1nn(CCC2CNC2)c(C)c1[N+](=O)[O-]. The highest BCUT2D eigenvalue weighted by Crippen LogP contribution is 2.22. The van der Waals surface area contributed by atoms with E-state index in [9.17, 15) is 10.1 Å². The summed E-state index contributed by atoms with van der Waals surface area (Å²) in [6.45, 7) is 6.33. The summed E-state index contributed by atoms with van der Waals surface area (Å²) in [6.07, 6.45) is 1.03. The minimum absolute atomic E-state index is 0.159. The zero-order valence-electron chi connectivity index (χ0n) is 9.56. The van der Waals surface area contributed by atoms with Crippen LogP contribution in [-0.2, 0) is 6.54 Å². The number of aryl methyl sites for hydroxylation is 2. The highest BCUT2D eigenvalue weighted by atomic mass is 16.6. The molecule has 0 aliphatic carbocycles. The second-order valence-electron chi connectivity index (χ2n) is 4.31. The van der Waals surface area contributed by atoms with Crippen molar-refractivity contribution in [3.05, 3.63) is 21.5 Å². The predicted molar refractivity (Wildman–Crippen MR) is 59.3 cm³/mol. The molecule has 1 aliphatic rings. The van der Waals surface area contributed by atoms with E-state index in [1.165, 1.54) is 0 Å². The molecule has 6 nitrogen and oxygen atoms in total. The third-order valence-corrected chi connectivity index (χ3v) is 3.14. The van der Waals surface area contributed by atoms with Crippen molar-refractivity contribution in [2.45, 2.75) is 26.8 Å². The quantitative estimate of drug-likeness (QED) is 0.612. The maximum atomic E-state index is 10.8. The van der Waals surface area contributed by atoms with Crippen LogP contribution in [0.25, 0.3) is 0 Å². The van der Waals surface area contributed by atoms with Gasteiger partial charge in [-0.2, -0.15) is 5.10 Å². The van der Waals surface area contributed by atoms with Crippen molar-refractivity contribution in [1.29, 1.82) is 0 Å². The lowest BCUT2D eigenvalue weighted by atomic mass is 10.00. The summed E-state index contributed by atoms with van der Waals surface area (Å²) in [6, 6.07) is 0. The normalized spacial score (nSPS) is 16.1. The van der Waals surface area contributed by atoms with Gasteiger partial charge in [0.1, 0.15) is 11.4 Å². The summed E-state index contributed by atoms with van der Waals surface area (Å²) in [4.78, 5) is 10.5. The fraction of sp³-hybridized carbons (Fsp3) is 0.700. The number of hydrogen-bond donors (Lipinski definition) is 1. The maximum Gasteiger partial charge on any atom is 0.312 e. The van der Waals surface area contributed by atoms with Crippen molar-refractivity contribution in [2.75, 3.05) is 13.1 Å². The van der Waals surface area contributed by atoms with E-state index in [-0.39, 0.29) is 10.6 Å². The molecule has 0 saturated carbocycles. The summed E-state index contributed by atoms with van der Waals surface area (Å²) < 4.78 is 1.76. The van der Waals surface area contributed by atoms with Gasteiger partial charge in [0.2, 0.25) is 0 Å². The first-order chi connectivity index (χ1) is 7.59. The molecule has 0 aromatic carbocycles. The molecule has 0 unspecified atom stereocenters. The first-order valence-corrected chi connectivity index (χ1v) is 5.48. The minimum Gasteiger partial charge on any atom is -0.316 e. The molecular weight excluding hydrogens is 208 g/mol. The van der Waals surface area contributed by atoms with E-state index < -0.39 is 0 Å². The molecule has 1 aromatic heterocycles. The van der Waals surface area contributed by atoms with Crippen LogP contribution in [0.3, 0.4) is 0 Å². The van der Waals surface area contributed by atoms with Crippen molar-refractivity contribution >= 4 is 5.69 Å². The Kier molecular flexibility index (Phi) is 2.91. The molecule has 0 amide bonds. The van der Waals surface area contributed by atoms with Gasteiger partial charge < -0.3 is 5.32 Å². The molecule has 0 atom stereocenters. The molecule has 6 heteroatoms. The summed E-state index contributed by atoms with van der Waals surface area (Å²) in [5.41, 5.74) is 1.33. The fourth-order valence-corrected chi connectivity index (χ4v) is 2.03. The lowest BCUT2D eigenvalue weighted by molar-refractivity contribution is -0.386. The van der Waals surface area contributed by atoms with E-state index in [0.717, 1.165) is 26.1 Å². The van der Waals surface area contributed by atoms with Crippen molar-refractivity contribution in [3.8, 4) is 0 Å². The lowest BCUT2D eigenvalue weighted by Gasteiger charge is -2.26. The van der Waals surface area contributed by atoms with Crippen LogP contribution >= 0.6 is 0 Å². The first kappa shape index (κ1) is 11.1. The third-order valence-electron chi connectivity index (χ3n) is 3.14. The lowest BCUT2D eigenvalue weighted by Crippen LogP contribution is -2.42. The van der Waals surface area contributed by atoms with Gasteiger partial charge in [-0.15, -0.1) is 0 Å². The molecule has 1 aliphatic heterocycles. The average Bonchev–Trinajstić information content (AvgIpc) is 2.39. The van der Waals surface area contributed by atoms with Gasteiger partial charge in [0.25, 0.3) is 0 Å². The van der Waals surface area contributed by atoms with Crippen LogP contribution in [0.4, 0.5) is 5.69 Å². The number of hydrogen-bond acceptors (Lipinski definition) is 4. The summed E-state index contributed by atoms with van der Waals surface area (Å²) in [7, 11) is 0. The average molecular weight is 224 g/mol. The van der Waals surface area contributed by atoms with E-state index in [1.54, 1.807) is 18.5 Å². The van der Waals surface area contributed by atoms with Gasteiger partial charge in [-0.3, -0.25) is 14.8 Å². The smallest absolute Gasteiger partial charge is 0.312 e. The van der Waals surface area contributed by atoms with Crippen molar-refractivity contribution in [3.63, 3.8) is 0 Å². The standard InChI is InChI=1S/C10H16N4O2/c1-7-10(14(15)16)8(2)13(12-7)4-3-9-5-11-6-9/h9,11H,3-6H2,1-2H3. The van der Waals surface area contributed by atoms with Crippen molar-refractivity contribution < 1.29 is 4.92 Å². The number of rotatable bonds is 4. The summed E-state index contributed by atoms with van der Waals surface area (Å²) >= 11 is 0. The number of nitrogens with zero attached hydrogens (tertiary/aromatic N) is 3. The highest BCUT2D eigenvalue weighted by Gasteiger charge is 2.23. The highest BCUT2D eigenvalue weighted by molar-refractivity contribution is 5.39. The molecular formula is C10H16N4O2. The molecule has 1 N–H and O–H groups in total. The molecule has 1 saturated heterocycles. The molecule has 2 heterocycles. The Labute approximate surface area is 93.8 Å². The number of nitrogens with one attached hydrogen (secondary N) is 1. The van der Waals surface area contributed by atoms with E-state index in [1.807, 2.05) is 0 Å². The second kappa shape index (κ2) is 4.21. The Hall–Kier alpha value is -1.43. The van der Waals surface area contributed by atoms with Gasteiger partial charge in [-0.05, 0) is 39.3 Å². The van der Waals surface area contributed by atoms with Crippen LogP contribution in [-0.4, -0.2) is 27.8 Å².